The third kappa shape index (κ3) is 2.44. The van der Waals surface area contributed by atoms with E-state index in [0.29, 0.717) is 24.2 Å². The van der Waals surface area contributed by atoms with Crippen molar-refractivity contribution in [3.63, 3.8) is 0 Å². The predicted octanol–water partition coefficient (Wildman–Crippen LogP) is 0.817. The Morgan fingerprint density at radius 1 is 1.18 bits per heavy atom. The first-order valence-corrected chi connectivity index (χ1v) is 6.94. The summed E-state index contributed by atoms with van der Waals surface area (Å²) < 4.78 is 6.51. The molecule has 3 aromatic rings. The fraction of sp³-hybridized carbons (Fsp3) is 0.188. The molecule has 0 spiro atoms. The average molecular weight is 298 g/mol. The second-order valence-electron chi connectivity index (χ2n) is 4.88. The van der Waals surface area contributed by atoms with Crippen molar-refractivity contribution in [2.45, 2.75) is 6.54 Å². The Bertz CT molecular complexity index is 913. The zero-order valence-electron chi connectivity index (χ0n) is 12.1. The van der Waals surface area contributed by atoms with Crippen LogP contribution in [0.2, 0.25) is 0 Å². The monoisotopic (exact) mass is 298 g/mol. The Balaban J connectivity index is 2.34. The van der Waals surface area contributed by atoms with Gasteiger partial charge in [0.1, 0.15) is 11.9 Å². The van der Waals surface area contributed by atoms with Gasteiger partial charge >= 0.3 is 5.69 Å². The molecule has 112 valence electrons. The Kier molecular flexibility index (Phi) is 3.84. The van der Waals surface area contributed by atoms with Gasteiger partial charge in [0, 0.05) is 12.7 Å². The number of hydrogen-bond donors (Lipinski definition) is 1. The average Bonchev–Trinajstić information content (AvgIpc) is 2.55. The summed E-state index contributed by atoms with van der Waals surface area (Å²) in [6.07, 6.45) is 1.73. The zero-order chi connectivity index (χ0) is 15.5. The second kappa shape index (κ2) is 5.95. The molecule has 0 saturated heterocycles. The fourth-order valence-electron chi connectivity index (χ4n) is 2.51. The minimum atomic E-state index is -0.448. The van der Waals surface area contributed by atoms with Crippen molar-refractivity contribution < 1.29 is 9.72 Å². The topological polar surface area (TPSA) is 78.2 Å². The molecule has 3 rings (SSSR count). The lowest BCUT2D eigenvalue weighted by Crippen LogP contribution is -2.34. The standard InChI is InChI=1S/C16H15N3O3/c1-22-10-9-19-14-13(15(20)18-16(19)21)12(7-8-17-14)11-5-3-2-4-6-11/h2-8H,9-10H2,1H3,(H,18,20,21)/p+1. The number of methoxy groups -OCH3 is 1. The van der Waals surface area contributed by atoms with E-state index in [1.54, 1.807) is 13.3 Å². The summed E-state index contributed by atoms with van der Waals surface area (Å²) in [6, 6.07) is 11.4. The number of aromatic nitrogens is 3. The van der Waals surface area contributed by atoms with Gasteiger partial charge in [0.05, 0.1) is 12.8 Å². The molecule has 2 heterocycles. The van der Waals surface area contributed by atoms with Crippen molar-refractivity contribution in [3.05, 3.63) is 63.4 Å². The van der Waals surface area contributed by atoms with Crippen LogP contribution in [0.3, 0.4) is 0 Å². The molecule has 0 saturated carbocycles. The minimum Gasteiger partial charge on any atom is -0.381 e. The van der Waals surface area contributed by atoms with Gasteiger partial charge in [0.2, 0.25) is 0 Å². The third-order valence-corrected chi connectivity index (χ3v) is 3.54. The fourth-order valence-corrected chi connectivity index (χ4v) is 2.51. The van der Waals surface area contributed by atoms with E-state index in [-0.39, 0.29) is 0 Å². The normalized spacial score (nSPS) is 11.0. The van der Waals surface area contributed by atoms with Crippen LogP contribution in [0.5, 0.6) is 0 Å². The van der Waals surface area contributed by atoms with Crippen molar-refractivity contribution in [3.8, 4) is 11.1 Å². The van der Waals surface area contributed by atoms with E-state index >= 15 is 0 Å². The Morgan fingerprint density at radius 2 is 1.95 bits per heavy atom. The predicted molar refractivity (Wildman–Crippen MR) is 82.7 cm³/mol. The summed E-state index contributed by atoms with van der Waals surface area (Å²) in [7, 11) is 1.57. The molecular weight excluding hydrogens is 282 g/mol. The van der Waals surface area contributed by atoms with Gasteiger partial charge in [0.25, 0.3) is 11.2 Å². The number of hydrogen-bond acceptors (Lipinski definition) is 3. The first-order valence-electron chi connectivity index (χ1n) is 6.94. The van der Waals surface area contributed by atoms with Crippen molar-refractivity contribution in [2.75, 3.05) is 13.7 Å². The highest BCUT2D eigenvalue weighted by molar-refractivity contribution is 5.90. The molecule has 6 heteroatoms. The number of rotatable bonds is 4. The summed E-state index contributed by atoms with van der Waals surface area (Å²) in [6.45, 7) is 0.738. The van der Waals surface area contributed by atoms with E-state index in [9.17, 15) is 9.59 Å². The number of H-pyrrole nitrogens is 2. The summed E-state index contributed by atoms with van der Waals surface area (Å²) in [5.74, 6) is 0. The highest BCUT2D eigenvalue weighted by atomic mass is 16.5. The largest absolute Gasteiger partial charge is 0.415 e. The lowest BCUT2D eigenvalue weighted by atomic mass is 10.0. The van der Waals surface area contributed by atoms with E-state index in [1.165, 1.54) is 4.57 Å². The smallest absolute Gasteiger partial charge is 0.381 e. The number of benzene rings is 1. The van der Waals surface area contributed by atoms with E-state index in [2.05, 4.69) is 9.97 Å². The van der Waals surface area contributed by atoms with Gasteiger partial charge in [-0.2, -0.15) is 4.57 Å². The van der Waals surface area contributed by atoms with E-state index in [1.807, 2.05) is 36.4 Å². The van der Waals surface area contributed by atoms with Crippen LogP contribution in [0.15, 0.2) is 52.2 Å². The lowest BCUT2D eigenvalue weighted by molar-refractivity contribution is -0.349. The minimum absolute atomic E-state index is 0.358. The number of nitrogens with one attached hydrogen (secondary N) is 2. The van der Waals surface area contributed by atoms with Gasteiger partial charge in [-0.3, -0.25) is 9.78 Å². The molecule has 0 radical (unpaired) electrons. The molecule has 0 aliphatic rings. The van der Waals surface area contributed by atoms with Gasteiger partial charge in [-0.25, -0.2) is 9.78 Å². The number of fused-ring (bicyclic) bond motifs is 1. The Morgan fingerprint density at radius 3 is 2.68 bits per heavy atom. The first kappa shape index (κ1) is 14.2. The SMILES string of the molecule is COCCn1c(=O)[nH]c(=O)c2c(-c3ccccc3)cc[nH+]c21. The molecule has 0 amide bonds. The number of ether oxygens (including phenoxy) is 1. The molecule has 6 nitrogen and oxygen atoms in total. The van der Waals surface area contributed by atoms with Crippen molar-refractivity contribution in [1.29, 1.82) is 0 Å². The zero-order valence-corrected chi connectivity index (χ0v) is 12.1. The van der Waals surface area contributed by atoms with Crippen molar-refractivity contribution >= 4 is 11.0 Å². The van der Waals surface area contributed by atoms with Crippen LogP contribution in [0.1, 0.15) is 0 Å². The molecule has 0 atom stereocenters. The molecular formula is C16H16N3O3+. The Labute approximate surface area is 126 Å². The quantitative estimate of drug-likeness (QED) is 0.774. The maximum absolute atomic E-state index is 12.3. The lowest BCUT2D eigenvalue weighted by Gasteiger charge is -2.06. The van der Waals surface area contributed by atoms with Gasteiger partial charge < -0.3 is 4.74 Å². The second-order valence-corrected chi connectivity index (χ2v) is 4.88. The number of aromatic amines is 2. The maximum atomic E-state index is 12.3. The van der Waals surface area contributed by atoms with Crippen LogP contribution in [0, 0.1) is 0 Å². The first-order chi connectivity index (χ1) is 10.7. The number of pyridine rings is 1. The van der Waals surface area contributed by atoms with Crippen LogP contribution in [-0.2, 0) is 11.3 Å². The molecule has 0 bridgehead atoms. The summed E-state index contributed by atoms with van der Waals surface area (Å²) in [4.78, 5) is 29.7. The molecule has 1 aromatic carbocycles. The molecule has 0 aliphatic heterocycles. The van der Waals surface area contributed by atoms with Crippen molar-refractivity contribution in [2.24, 2.45) is 0 Å². The van der Waals surface area contributed by atoms with Crippen LogP contribution in [-0.4, -0.2) is 23.3 Å². The summed E-state index contributed by atoms with van der Waals surface area (Å²) >= 11 is 0. The summed E-state index contributed by atoms with van der Waals surface area (Å²) in [5.41, 5.74) is 1.35. The van der Waals surface area contributed by atoms with Gasteiger partial charge in [-0.05, 0) is 11.6 Å². The summed E-state index contributed by atoms with van der Waals surface area (Å²) in [5, 5.41) is 0.462. The van der Waals surface area contributed by atoms with E-state index in [4.69, 9.17) is 4.74 Å². The third-order valence-electron chi connectivity index (χ3n) is 3.54. The molecule has 22 heavy (non-hydrogen) atoms. The molecule has 2 aromatic heterocycles. The van der Waals surface area contributed by atoms with Gasteiger partial charge in [-0.15, -0.1) is 0 Å². The Hall–Kier alpha value is -2.73. The van der Waals surface area contributed by atoms with Crippen molar-refractivity contribution in [1.82, 2.24) is 9.55 Å². The van der Waals surface area contributed by atoms with Gasteiger partial charge in [0.15, 0.2) is 0 Å². The highest BCUT2D eigenvalue weighted by Gasteiger charge is 2.18. The van der Waals surface area contributed by atoms with Crippen LogP contribution in [0.4, 0.5) is 0 Å². The van der Waals surface area contributed by atoms with E-state index in [0.717, 1.165) is 11.1 Å². The number of nitrogens with zero attached hydrogens (tertiary/aromatic N) is 1. The molecule has 0 aliphatic carbocycles. The molecule has 0 unspecified atom stereocenters. The van der Waals surface area contributed by atoms with Gasteiger partial charge in [-0.1, -0.05) is 30.3 Å². The highest BCUT2D eigenvalue weighted by Crippen LogP contribution is 2.22. The van der Waals surface area contributed by atoms with Crippen LogP contribution >= 0.6 is 0 Å². The van der Waals surface area contributed by atoms with Crippen LogP contribution in [0.25, 0.3) is 22.2 Å². The molecule has 2 N–H and O–H groups in total. The maximum Gasteiger partial charge on any atom is 0.415 e. The molecule has 0 fully saturated rings. The van der Waals surface area contributed by atoms with E-state index < -0.39 is 11.2 Å². The van der Waals surface area contributed by atoms with Crippen LogP contribution < -0.4 is 16.2 Å².